The van der Waals surface area contributed by atoms with Crippen LogP contribution in [0.25, 0.3) is 21.9 Å². The maximum Gasteiger partial charge on any atom is -0.0152 e. The van der Waals surface area contributed by atoms with Crippen LogP contribution in [0.15, 0.2) is 97.1 Å². The zero-order valence-electron chi connectivity index (χ0n) is 19.7. The van der Waals surface area contributed by atoms with Gasteiger partial charge in [0.1, 0.15) is 0 Å². The topological polar surface area (TPSA) is 0 Å². The molecule has 160 valence electrons. The molecule has 0 fully saturated rings. The summed E-state index contributed by atoms with van der Waals surface area (Å²) in [5.74, 6) is 0.714. The van der Waals surface area contributed by atoms with Crippen molar-refractivity contribution in [2.75, 3.05) is 0 Å². The fraction of sp³-hybridized carbons (Fsp3) is 0.290. The van der Waals surface area contributed by atoms with Crippen LogP contribution in [0.5, 0.6) is 0 Å². The minimum Gasteiger partial charge on any atom is -0.0625 e. The molecule has 31 heavy (non-hydrogen) atoms. The third-order valence-corrected chi connectivity index (χ3v) is 5.28. The Labute approximate surface area is 189 Å². The van der Waals surface area contributed by atoms with Gasteiger partial charge in [0.25, 0.3) is 0 Å². The predicted molar refractivity (Wildman–Crippen MR) is 138 cm³/mol. The smallest absolute Gasteiger partial charge is 0.0152 e. The monoisotopic (exact) mass is 408 g/mol. The molecule has 0 bridgehead atoms. The summed E-state index contributed by atoms with van der Waals surface area (Å²) in [6.07, 6.45) is 2.29. The second kappa shape index (κ2) is 10.4. The molecular weight excluding hydrogens is 372 g/mol. The number of fused-ring (bicyclic) bond motifs is 1. The van der Waals surface area contributed by atoms with Gasteiger partial charge < -0.3 is 0 Å². The van der Waals surface area contributed by atoms with Crippen molar-refractivity contribution in [1.29, 1.82) is 0 Å². The van der Waals surface area contributed by atoms with E-state index in [1.807, 2.05) is 0 Å². The van der Waals surface area contributed by atoms with Gasteiger partial charge in [-0.2, -0.15) is 0 Å². The van der Waals surface area contributed by atoms with E-state index in [4.69, 9.17) is 0 Å². The Morgan fingerprint density at radius 3 is 1.97 bits per heavy atom. The molecule has 0 spiro atoms. The average Bonchev–Trinajstić information content (AvgIpc) is 2.74. The van der Waals surface area contributed by atoms with Crippen LogP contribution in [0, 0.1) is 11.3 Å². The molecule has 0 N–H and O–H groups in total. The van der Waals surface area contributed by atoms with Crippen LogP contribution in [0.4, 0.5) is 0 Å². The highest BCUT2D eigenvalue weighted by Crippen LogP contribution is 2.26. The quantitative estimate of drug-likeness (QED) is 0.316. The Bertz CT molecular complexity index is 1080. The zero-order chi connectivity index (χ0) is 22.3. The predicted octanol–water partition coefficient (Wildman–Crippen LogP) is 8.98. The molecule has 0 amide bonds. The lowest BCUT2D eigenvalue weighted by molar-refractivity contribution is 0.412. The van der Waals surface area contributed by atoms with E-state index in [2.05, 4.69) is 132 Å². The van der Waals surface area contributed by atoms with Crippen LogP contribution in [-0.4, -0.2) is 0 Å². The van der Waals surface area contributed by atoms with Crippen molar-refractivity contribution < 1.29 is 0 Å². The highest BCUT2D eigenvalue weighted by Gasteiger charge is 2.12. The van der Waals surface area contributed by atoms with E-state index in [9.17, 15) is 0 Å². The number of hydrogen-bond donors (Lipinski definition) is 0. The van der Waals surface area contributed by atoms with E-state index in [1.165, 1.54) is 33.0 Å². The molecule has 0 aliphatic rings. The summed E-state index contributed by atoms with van der Waals surface area (Å²) in [4.78, 5) is 0. The van der Waals surface area contributed by atoms with Crippen LogP contribution in [0.2, 0.25) is 0 Å². The molecule has 0 nitrogen and oxygen atoms in total. The minimum atomic E-state index is 0.351. The lowest BCUT2D eigenvalue weighted by Gasteiger charge is -2.19. The van der Waals surface area contributed by atoms with Crippen molar-refractivity contribution in [3.05, 3.63) is 108 Å². The van der Waals surface area contributed by atoms with Gasteiger partial charge in [0.05, 0.1) is 0 Å². The van der Waals surface area contributed by atoms with Crippen LogP contribution in [0.1, 0.15) is 45.7 Å². The molecule has 0 saturated carbocycles. The fourth-order valence-electron chi connectivity index (χ4n) is 4.00. The number of hydrogen-bond acceptors (Lipinski definition) is 0. The standard InChI is InChI=1S/C16H18.C15H18/c1-13(2)11-14-7-6-10-16(12-14)15-8-4-3-5-9-15;1-15(2,3)11-13-9-6-8-12-7-4-5-10-14(12)13/h3-10,12-13H,11H2,1-2H3;4-10H,11H2,1-3H3. The van der Waals surface area contributed by atoms with Crippen LogP contribution >= 0.6 is 0 Å². The van der Waals surface area contributed by atoms with Crippen molar-refractivity contribution in [3.8, 4) is 11.1 Å². The molecule has 0 radical (unpaired) electrons. The molecule has 0 heterocycles. The molecule has 0 atom stereocenters. The summed E-state index contributed by atoms with van der Waals surface area (Å²) in [7, 11) is 0. The van der Waals surface area contributed by atoms with E-state index in [-0.39, 0.29) is 0 Å². The van der Waals surface area contributed by atoms with E-state index in [0.717, 1.165) is 12.8 Å². The molecule has 0 saturated heterocycles. The van der Waals surface area contributed by atoms with E-state index in [0.29, 0.717) is 11.3 Å². The molecule has 0 aromatic heterocycles. The summed E-state index contributed by atoms with van der Waals surface area (Å²) in [5.41, 5.74) is 5.85. The molecule has 4 rings (SSSR count). The Hall–Kier alpha value is -2.86. The van der Waals surface area contributed by atoms with Gasteiger partial charge in [-0.1, -0.05) is 132 Å². The van der Waals surface area contributed by atoms with Crippen molar-refractivity contribution in [1.82, 2.24) is 0 Å². The summed E-state index contributed by atoms with van der Waals surface area (Å²) >= 11 is 0. The lowest BCUT2D eigenvalue weighted by Crippen LogP contribution is -2.09. The third kappa shape index (κ3) is 7.10. The second-order valence-corrected chi connectivity index (χ2v) is 10.0. The van der Waals surface area contributed by atoms with Gasteiger partial charge >= 0.3 is 0 Å². The number of rotatable bonds is 4. The first-order chi connectivity index (χ1) is 14.8. The fourth-order valence-corrected chi connectivity index (χ4v) is 4.00. The largest absolute Gasteiger partial charge is 0.0625 e. The normalized spacial score (nSPS) is 11.3. The first kappa shape index (κ1) is 22.8. The summed E-state index contributed by atoms with van der Waals surface area (Å²) in [6.45, 7) is 11.4. The molecule has 4 aromatic rings. The van der Waals surface area contributed by atoms with Gasteiger partial charge in [-0.05, 0) is 57.2 Å². The van der Waals surface area contributed by atoms with Crippen LogP contribution in [0.3, 0.4) is 0 Å². The summed E-state index contributed by atoms with van der Waals surface area (Å²) in [6, 6.07) is 34.6. The van der Waals surface area contributed by atoms with Gasteiger partial charge in [0, 0.05) is 0 Å². The van der Waals surface area contributed by atoms with Crippen molar-refractivity contribution in [2.24, 2.45) is 11.3 Å². The average molecular weight is 409 g/mol. The maximum atomic E-state index is 2.30. The minimum absolute atomic E-state index is 0.351. The molecular formula is C31H36. The van der Waals surface area contributed by atoms with Crippen molar-refractivity contribution in [3.63, 3.8) is 0 Å². The van der Waals surface area contributed by atoms with Gasteiger partial charge in [-0.3, -0.25) is 0 Å². The van der Waals surface area contributed by atoms with Gasteiger partial charge in [0.2, 0.25) is 0 Å². The van der Waals surface area contributed by atoms with E-state index < -0.39 is 0 Å². The first-order valence-electron chi connectivity index (χ1n) is 11.4. The van der Waals surface area contributed by atoms with Gasteiger partial charge in [-0.25, -0.2) is 0 Å². The number of benzene rings is 4. The summed E-state index contributed by atoms with van der Waals surface area (Å²) < 4.78 is 0. The third-order valence-electron chi connectivity index (χ3n) is 5.28. The SMILES string of the molecule is CC(C)(C)Cc1cccc2ccccc12.CC(C)Cc1cccc(-c2ccccc2)c1. The molecule has 0 heteroatoms. The Morgan fingerprint density at radius 1 is 0.645 bits per heavy atom. The van der Waals surface area contributed by atoms with E-state index in [1.54, 1.807) is 0 Å². The maximum absolute atomic E-state index is 2.30. The van der Waals surface area contributed by atoms with Gasteiger partial charge in [-0.15, -0.1) is 0 Å². The Morgan fingerprint density at radius 2 is 1.26 bits per heavy atom. The highest BCUT2D eigenvalue weighted by molar-refractivity contribution is 5.85. The highest BCUT2D eigenvalue weighted by atomic mass is 14.2. The van der Waals surface area contributed by atoms with Gasteiger partial charge in [0.15, 0.2) is 0 Å². The van der Waals surface area contributed by atoms with E-state index >= 15 is 0 Å². The second-order valence-electron chi connectivity index (χ2n) is 10.0. The molecule has 0 aliphatic carbocycles. The molecule has 0 unspecified atom stereocenters. The Kier molecular flexibility index (Phi) is 7.69. The Balaban J connectivity index is 0.000000176. The molecule has 0 aliphatic heterocycles. The van der Waals surface area contributed by atoms with Crippen LogP contribution in [-0.2, 0) is 12.8 Å². The first-order valence-corrected chi connectivity index (χ1v) is 11.4. The van der Waals surface area contributed by atoms with Crippen molar-refractivity contribution in [2.45, 2.75) is 47.5 Å². The molecule has 4 aromatic carbocycles. The zero-order valence-corrected chi connectivity index (χ0v) is 19.7. The van der Waals surface area contributed by atoms with Crippen molar-refractivity contribution >= 4 is 10.8 Å². The van der Waals surface area contributed by atoms with Crippen LogP contribution < -0.4 is 0 Å². The summed E-state index contributed by atoms with van der Waals surface area (Å²) in [5, 5.41) is 2.74. The lowest BCUT2D eigenvalue weighted by atomic mass is 9.86.